The Labute approximate surface area is 230 Å². The highest BCUT2D eigenvalue weighted by Gasteiger charge is 2.41. The van der Waals surface area contributed by atoms with Crippen LogP contribution in [0.25, 0.3) is 0 Å². The lowest BCUT2D eigenvalue weighted by Gasteiger charge is -2.37. The summed E-state index contributed by atoms with van der Waals surface area (Å²) < 4.78 is 3.55. The van der Waals surface area contributed by atoms with E-state index in [1.807, 2.05) is 25.5 Å². The first kappa shape index (κ1) is 25.1. The van der Waals surface area contributed by atoms with Crippen LogP contribution in [0.1, 0.15) is 89.5 Å². The van der Waals surface area contributed by atoms with Crippen LogP contribution >= 0.6 is 23.2 Å². The molecular weight excluding hydrogens is 527 g/mol. The van der Waals surface area contributed by atoms with Crippen molar-refractivity contribution in [3.8, 4) is 0 Å². The second-order valence-electron chi connectivity index (χ2n) is 10.6. The van der Waals surface area contributed by atoms with E-state index in [-0.39, 0.29) is 48.1 Å². The molecule has 3 aliphatic rings. The summed E-state index contributed by atoms with van der Waals surface area (Å²) >= 11 is 12.2. The van der Waals surface area contributed by atoms with Crippen molar-refractivity contribution in [3.63, 3.8) is 0 Å². The Hall–Kier alpha value is -3.17. The monoisotopic (exact) mass is 554 g/mol. The van der Waals surface area contributed by atoms with Gasteiger partial charge in [-0.05, 0) is 51.8 Å². The van der Waals surface area contributed by atoms with Gasteiger partial charge in [0, 0.05) is 42.4 Å². The van der Waals surface area contributed by atoms with Crippen LogP contribution in [0.3, 0.4) is 0 Å². The molecular formula is C27H28Cl2N6O3. The lowest BCUT2D eigenvalue weighted by Crippen LogP contribution is -2.46. The number of nitrogens with zero attached hydrogens (tertiary/aromatic N) is 6. The zero-order valence-corrected chi connectivity index (χ0v) is 22.9. The van der Waals surface area contributed by atoms with E-state index >= 15 is 0 Å². The summed E-state index contributed by atoms with van der Waals surface area (Å²) in [6, 6.07) is 4.59. The van der Waals surface area contributed by atoms with Gasteiger partial charge in [0.05, 0.1) is 46.3 Å². The standard InChI is InChI=1S/C27H28Cl2N6O3/c1-14-8-22-19(12-32(14)26(37)17-4-7-20(28)21(29)9-17)25-27(38)33(11-15(2)35(25)31-22)16(3)23-13-34(18-5-6-18)24(36)10-30-23/h4,7,9-10,13-16,18H,5-6,8,11-12H2,1-3H3/t14-,15-,16?/m1/s1. The summed E-state index contributed by atoms with van der Waals surface area (Å²) in [7, 11) is 0. The van der Waals surface area contributed by atoms with Crippen molar-refractivity contribution in [1.29, 1.82) is 0 Å². The van der Waals surface area contributed by atoms with E-state index < -0.39 is 0 Å². The molecule has 198 valence electrons. The van der Waals surface area contributed by atoms with Crippen LogP contribution in [-0.2, 0) is 13.0 Å². The molecule has 3 aromatic rings. The van der Waals surface area contributed by atoms with Crippen LogP contribution in [0.15, 0.2) is 35.4 Å². The fraction of sp³-hybridized carbons (Fsp3) is 0.444. The predicted octanol–water partition coefficient (Wildman–Crippen LogP) is 4.45. The quantitative estimate of drug-likeness (QED) is 0.475. The first-order valence-electron chi connectivity index (χ1n) is 12.9. The molecule has 3 atom stereocenters. The molecule has 9 nitrogen and oxygen atoms in total. The molecule has 2 amide bonds. The molecule has 0 saturated heterocycles. The van der Waals surface area contributed by atoms with E-state index in [0.29, 0.717) is 40.0 Å². The molecule has 1 fully saturated rings. The maximum absolute atomic E-state index is 14.0. The molecule has 0 radical (unpaired) electrons. The lowest BCUT2D eigenvalue weighted by molar-refractivity contribution is 0.0570. The van der Waals surface area contributed by atoms with Gasteiger partial charge in [-0.3, -0.25) is 24.0 Å². The Balaban J connectivity index is 1.32. The van der Waals surface area contributed by atoms with Crippen LogP contribution in [-0.4, -0.2) is 53.5 Å². The molecule has 1 unspecified atom stereocenters. The molecule has 1 aliphatic carbocycles. The molecule has 4 heterocycles. The number of fused-ring (bicyclic) bond motifs is 3. The van der Waals surface area contributed by atoms with Crippen molar-refractivity contribution in [2.75, 3.05) is 6.54 Å². The van der Waals surface area contributed by atoms with Crippen molar-refractivity contribution < 1.29 is 9.59 Å². The SMILES string of the molecule is CC(c1cn(C2CC2)c(=O)cn1)N1C[C@@H](C)n2nc3c(c2C1=O)CN(C(=O)c1ccc(Cl)c(Cl)c1)[C@H](C)C3. The van der Waals surface area contributed by atoms with Gasteiger partial charge in [-0.25, -0.2) is 0 Å². The number of benzene rings is 1. The minimum absolute atomic E-state index is 0.0559. The van der Waals surface area contributed by atoms with Crippen LogP contribution < -0.4 is 5.56 Å². The first-order valence-corrected chi connectivity index (χ1v) is 13.6. The Morgan fingerprint density at radius 1 is 1.11 bits per heavy atom. The van der Waals surface area contributed by atoms with Gasteiger partial charge < -0.3 is 14.4 Å². The predicted molar refractivity (Wildman–Crippen MR) is 143 cm³/mol. The van der Waals surface area contributed by atoms with Crippen LogP contribution in [0.2, 0.25) is 10.0 Å². The Morgan fingerprint density at radius 2 is 1.87 bits per heavy atom. The Kier molecular flexibility index (Phi) is 6.11. The lowest BCUT2D eigenvalue weighted by atomic mass is 9.97. The molecule has 0 spiro atoms. The minimum Gasteiger partial charge on any atom is -0.331 e. The highest BCUT2D eigenvalue weighted by molar-refractivity contribution is 6.42. The van der Waals surface area contributed by atoms with Gasteiger partial charge in [0.2, 0.25) is 0 Å². The number of carbonyl (C=O) groups is 2. The zero-order valence-electron chi connectivity index (χ0n) is 21.4. The Morgan fingerprint density at radius 3 is 2.58 bits per heavy atom. The fourth-order valence-corrected chi connectivity index (χ4v) is 5.84. The highest BCUT2D eigenvalue weighted by Crippen LogP contribution is 2.36. The number of aromatic nitrogens is 4. The summed E-state index contributed by atoms with van der Waals surface area (Å²) in [5.74, 6) is -0.318. The van der Waals surface area contributed by atoms with Crippen LogP contribution in [0, 0.1) is 0 Å². The Bertz CT molecular complexity index is 1530. The third kappa shape index (κ3) is 4.12. The fourth-order valence-electron chi connectivity index (χ4n) is 5.54. The molecule has 1 saturated carbocycles. The van der Waals surface area contributed by atoms with Gasteiger partial charge in [-0.2, -0.15) is 5.10 Å². The second kappa shape index (κ2) is 9.24. The summed E-state index contributed by atoms with van der Waals surface area (Å²) in [5.41, 5.74) is 3.16. The van der Waals surface area contributed by atoms with Gasteiger partial charge in [-0.1, -0.05) is 23.2 Å². The maximum Gasteiger partial charge on any atom is 0.273 e. The third-order valence-electron chi connectivity index (χ3n) is 7.90. The largest absolute Gasteiger partial charge is 0.331 e. The van der Waals surface area contributed by atoms with Crippen molar-refractivity contribution in [3.05, 3.63) is 79.2 Å². The van der Waals surface area contributed by atoms with Gasteiger partial charge in [0.15, 0.2) is 0 Å². The van der Waals surface area contributed by atoms with Gasteiger partial charge >= 0.3 is 0 Å². The number of halogens is 2. The summed E-state index contributed by atoms with van der Waals surface area (Å²) in [6.07, 6.45) is 5.66. The number of carbonyl (C=O) groups excluding carboxylic acids is 2. The van der Waals surface area contributed by atoms with E-state index in [1.165, 1.54) is 6.20 Å². The average molecular weight is 555 g/mol. The average Bonchev–Trinajstić information content (AvgIpc) is 3.67. The molecule has 0 N–H and O–H groups in total. The number of hydrogen-bond donors (Lipinski definition) is 0. The highest BCUT2D eigenvalue weighted by atomic mass is 35.5. The molecule has 0 bridgehead atoms. The molecule has 11 heteroatoms. The molecule has 6 rings (SSSR count). The molecule has 2 aromatic heterocycles. The maximum atomic E-state index is 14.0. The summed E-state index contributed by atoms with van der Waals surface area (Å²) in [4.78, 5) is 47.6. The van der Waals surface area contributed by atoms with Crippen molar-refractivity contribution in [2.45, 2.75) is 70.7 Å². The van der Waals surface area contributed by atoms with Crippen molar-refractivity contribution in [1.82, 2.24) is 29.1 Å². The van der Waals surface area contributed by atoms with Crippen LogP contribution in [0.4, 0.5) is 0 Å². The van der Waals surface area contributed by atoms with E-state index in [0.717, 1.165) is 24.1 Å². The van der Waals surface area contributed by atoms with Gasteiger partial charge in [0.25, 0.3) is 17.4 Å². The number of rotatable bonds is 4. The zero-order chi connectivity index (χ0) is 26.9. The number of amides is 2. The van der Waals surface area contributed by atoms with E-state index in [1.54, 1.807) is 38.8 Å². The van der Waals surface area contributed by atoms with E-state index in [9.17, 15) is 14.4 Å². The number of hydrogen-bond acceptors (Lipinski definition) is 5. The van der Waals surface area contributed by atoms with E-state index in [2.05, 4.69) is 4.98 Å². The normalized spacial score (nSPS) is 21.8. The molecule has 1 aromatic carbocycles. The topological polar surface area (TPSA) is 93.3 Å². The summed E-state index contributed by atoms with van der Waals surface area (Å²) in [5, 5.41) is 5.53. The summed E-state index contributed by atoms with van der Waals surface area (Å²) in [6.45, 7) is 6.70. The van der Waals surface area contributed by atoms with Gasteiger partial charge in [0.1, 0.15) is 5.69 Å². The molecule has 38 heavy (non-hydrogen) atoms. The molecule has 2 aliphatic heterocycles. The van der Waals surface area contributed by atoms with Crippen molar-refractivity contribution >= 4 is 35.0 Å². The van der Waals surface area contributed by atoms with Crippen molar-refractivity contribution in [2.24, 2.45) is 0 Å². The van der Waals surface area contributed by atoms with Gasteiger partial charge in [-0.15, -0.1) is 0 Å². The third-order valence-corrected chi connectivity index (χ3v) is 8.64. The first-order chi connectivity index (χ1) is 18.1. The second-order valence-corrected chi connectivity index (χ2v) is 11.4. The smallest absolute Gasteiger partial charge is 0.273 e. The van der Waals surface area contributed by atoms with Crippen LogP contribution in [0.5, 0.6) is 0 Å². The van der Waals surface area contributed by atoms with E-state index in [4.69, 9.17) is 28.3 Å². The minimum atomic E-state index is -0.327.